The van der Waals surface area contributed by atoms with Crippen LogP contribution in [0.15, 0.2) is 10.9 Å². The van der Waals surface area contributed by atoms with Crippen LogP contribution in [0.25, 0.3) is 0 Å². The number of hydrogen-bond donors (Lipinski definition) is 0. The fourth-order valence-corrected chi connectivity index (χ4v) is 1.15. The van der Waals surface area contributed by atoms with Gasteiger partial charge in [-0.2, -0.15) is 13.2 Å². The zero-order chi connectivity index (χ0) is 9.19. The van der Waals surface area contributed by atoms with E-state index in [9.17, 15) is 18.0 Å². The molecule has 0 aromatic carbocycles. The van der Waals surface area contributed by atoms with Gasteiger partial charge in [0.1, 0.15) is 0 Å². The van der Waals surface area contributed by atoms with E-state index in [2.05, 4.69) is 4.98 Å². The molecule has 0 bridgehead atoms. The van der Waals surface area contributed by atoms with Crippen molar-refractivity contribution >= 4 is 17.1 Å². The number of thiazole rings is 1. The van der Waals surface area contributed by atoms with E-state index in [0.717, 1.165) is 11.3 Å². The second-order valence-electron chi connectivity index (χ2n) is 2.08. The summed E-state index contributed by atoms with van der Waals surface area (Å²) in [5.74, 6) is -1.76. The van der Waals surface area contributed by atoms with Gasteiger partial charge in [0.2, 0.25) is 5.78 Å². The van der Waals surface area contributed by atoms with Crippen molar-refractivity contribution in [3.05, 3.63) is 16.6 Å². The molecule has 0 N–H and O–H groups in total. The Morgan fingerprint density at radius 2 is 2.25 bits per heavy atom. The molecule has 2 nitrogen and oxygen atoms in total. The van der Waals surface area contributed by atoms with Crippen LogP contribution in [0.5, 0.6) is 0 Å². The minimum atomic E-state index is -4.75. The normalized spacial score (nSPS) is 11.6. The van der Waals surface area contributed by atoms with Gasteiger partial charge in [0.05, 0.1) is 17.6 Å². The molecule has 1 heterocycles. The van der Waals surface area contributed by atoms with Crippen LogP contribution >= 0.6 is 11.3 Å². The van der Waals surface area contributed by atoms with Crippen LogP contribution in [0.1, 0.15) is 5.69 Å². The number of aromatic nitrogens is 1. The Kier molecular flexibility index (Phi) is 2.46. The van der Waals surface area contributed by atoms with Crippen LogP contribution in [0.2, 0.25) is 0 Å². The van der Waals surface area contributed by atoms with Crippen molar-refractivity contribution in [2.24, 2.45) is 0 Å². The van der Waals surface area contributed by atoms with Gasteiger partial charge in [-0.1, -0.05) is 0 Å². The van der Waals surface area contributed by atoms with E-state index < -0.39 is 18.4 Å². The highest BCUT2D eigenvalue weighted by atomic mass is 32.1. The predicted molar refractivity (Wildman–Crippen MR) is 36.9 cm³/mol. The highest BCUT2D eigenvalue weighted by Gasteiger charge is 2.37. The van der Waals surface area contributed by atoms with Crippen LogP contribution in [-0.2, 0) is 11.2 Å². The molecule has 0 aliphatic heterocycles. The minimum absolute atomic E-state index is 0.169. The average molecular weight is 195 g/mol. The maximum absolute atomic E-state index is 11.7. The van der Waals surface area contributed by atoms with Crippen molar-refractivity contribution < 1.29 is 18.0 Å². The van der Waals surface area contributed by atoms with Gasteiger partial charge in [-0.25, -0.2) is 4.98 Å². The summed E-state index contributed by atoms with van der Waals surface area (Å²) in [4.78, 5) is 13.9. The molecule has 0 saturated heterocycles. The lowest BCUT2D eigenvalue weighted by molar-refractivity contribution is -0.170. The quantitative estimate of drug-likeness (QED) is 0.720. The van der Waals surface area contributed by atoms with E-state index in [1.807, 2.05) is 0 Å². The van der Waals surface area contributed by atoms with Crippen LogP contribution in [0.3, 0.4) is 0 Å². The molecular formula is C6H4F3NOS. The molecule has 6 heteroatoms. The Hall–Kier alpha value is -0.910. The van der Waals surface area contributed by atoms with Gasteiger partial charge in [-0.3, -0.25) is 4.79 Å². The highest BCUT2D eigenvalue weighted by molar-refractivity contribution is 7.07. The van der Waals surface area contributed by atoms with Crippen LogP contribution in [0.4, 0.5) is 13.2 Å². The first kappa shape index (κ1) is 9.18. The average Bonchev–Trinajstić information content (AvgIpc) is 2.37. The molecule has 0 saturated carbocycles. The van der Waals surface area contributed by atoms with Crippen molar-refractivity contribution in [2.45, 2.75) is 12.6 Å². The van der Waals surface area contributed by atoms with Crippen molar-refractivity contribution in [3.63, 3.8) is 0 Å². The van der Waals surface area contributed by atoms with E-state index in [-0.39, 0.29) is 5.69 Å². The number of rotatable bonds is 2. The van der Waals surface area contributed by atoms with E-state index in [0.29, 0.717) is 0 Å². The number of ketones is 1. The summed E-state index contributed by atoms with van der Waals surface area (Å²) in [5, 5.41) is 1.42. The fourth-order valence-electron chi connectivity index (χ4n) is 0.590. The molecule has 0 aliphatic rings. The second kappa shape index (κ2) is 3.22. The molecule has 0 unspecified atom stereocenters. The van der Waals surface area contributed by atoms with Crippen LogP contribution < -0.4 is 0 Å². The minimum Gasteiger partial charge on any atom is -0.289 e. The smallest absolute Gasteiger partial charge is 0.289 e. The zero-order valence-corrected chi connectivity index (χ0v) is 6.58. The Morgan fingerprint density at radius 1 is 1.58 bits per heavy atom. The molecule has 1 aromatic heterocycles. The number of carbonyl (C=O) groups excluding carboxylic acids is 1. The van der Waals surface area contributed by atoms with Gasteiger partial charge in [0.25, 0.3) is 0 Å². The Bertz CT molecular complexity index is 267. The van der Waals surface area contributed by atoms with Crippen molar-refractivity contribution in [3.8, 4) is 0 Å². The predicted octanol–water partition coefficient (Wildman–Crippen LogP) is 1.82. The molecular weight excluding hydrogens is 191 g/mol. The first-order valence-corrected chi connectivity index (χ1v) is 3.91. The van der Waals surface area contributed by atoms with E-state index in [1.54, 1.807) is 0 Å². The molecule has 0 radical (unpaired) electrons. The summed E-state index contributed by atoms with van der Waals surface area (Å²) in [5.41, 5.74) is 1.56. The van der Waals surface area contributed by atoms with Crippen LogP contribution in [-0.4, -0.2) is 16.9 Å². The van der Waals surface area contributed by atoms with Gasteiger partial charge in [-0.05, 0) is 0 Å². The number of nitrogens with zero attached hydrogens (tertiary/aromatic N) is 1. The Morgan fingerprint density at radius 3 is 2.67 bits per heavy atom. The third-order valence-electron chi connectivity index (χ3n) is 1.14. The number of hydrogen-bond acceptors (Lipinski definition) is 3. The van der Waals surface area contributed by atoms with E-state index >= 15 is 0 Å². The summed E-state index contributed by atoms with van der Waals surface area (Å²) in [7, 11) is 0. The summed E-state index contributed by atoms with van der Waals surface area (Å²) in [6.45, 7) is 0. The lowest BCUT2D eigenvalue weighted by atomic mass is 10.2. The first-order chi connectivity index (χ1) is 5.50. The lowest BCUT2D eigenvalue weighted by Crippen LogP contribution is -2.24. The second-order valence-corrected chi connectivity index (χ2v) is 2.80. The monoisotopic (exact) mass is 195 g/mol. The van der Waals surface area contributed by atoms with Gasteiger partial charge in [0.15, 0.2) is 0 Å². The Balaban J connectivity index is 2.60. The lowest BCUT2D eigenvalue weighted by Gasteiger charge is -2.01. The SMILES string of the molecule is O=C(Cc1cscn1)C(F)(F)F. The molecule has 0 fully saturated rings. The molecule has 1 aromatic rings. The van der Waals surface area contributed by atoms with E-state index in [4.69, 9.17) is 0 Å². The third-order valence-corrected chi connectivity index (χ3v) is 1.78. The molecule has 0 spiro atoms. The standard InChI is InChI=1S/C6H4F3NOS/c7-6(8,9)5(11)1-4-2-12-3-10-4/h2-3H,1H2. The fraction of sp³-hybridized carbons (Fsp3) is 0.333. The van der Waals surface area contributed by atoms with Gasteiger partial charge >= 0.3 is 6.18 Å². The zero-order valence-electron chi connectivity index (χ0n) is 5.76. The third kappa shape index (κ3) is 2.30. The summed E-state index contributed by atoms with van der Waals surface area (Å²) in [6, 6.07) is 0. The molecule has 1 rings (SSSR count). The molecule has 0 atom stereocenters. The summed E-state index contributed by atoms with van der Waals surface area (Å²) < 4.78 is 35.0. The van der Waals surface area contributed by atoms with Crippen molar-refractivity contribution in [1.29, 1.82) is 0 Å². The topological polar surface area (TPSA) is 30.0 Å². The number of halogens is 3. The molecule has 12 heavy (non-hydrogen) atoms. The van der Waals surface area contributed by atoms with Gasteiger partial charge in [-0.15, -0.1) is 11.3 Å². The van der Waals surface area contributed by atoms with Crippen molar-refractivity contribution in [1.82, 2.24) is 4.98 Å². The van der Waals surface area contributed by atoms with Crippen molar-refractivity contribution in [2.75, 3.05) is 0 Å². The maximum Gasteiger partial charge on any atom is 0.450 e. The molecule has 66 valence electrons. The molecule has 0 aliphatic carbocycles. The van der Waals surface area contributed by atoms with Gasteiger partial charge < -0.3 is 0 Å². The van der Waals surface area contributed by atoms with E-state index in [1.165, 1.54) is 10.9 Å². The molecule has 0 amide bonds. The Labute approximate surface area is 70.0 Å². The van der Waals surface area contributed by atoms with Gasteiger partial charge in [0, 0.05) is 5.38 Å². The summed E-state index contributed by atoms with van der Waals surface area (Å²) in [6.07, 6.45) is -5.41. The number of Topliss-reactive ketones (excluding diaryl/α,β-unsaturated/α-hetero) is 1. The summed E-state index contributed by atoms with van der Waals surface area (Å²) >= 11 is 1.16. The number of carbonyl (C=O) groups is 1. The van der Waals surface area contributed by atoms with Crippen LogP contribution in [0, 0.1) is 0 Å². The highest BCUT2D eigenvalue weighted by Crippen LogP contribution is 2.18. The maximum atomic E-state index is 11.7. The largest absolute Gasteiger partial charge is 0.450 e. The first-order valence-electron chi connectivity index (χ1n) is 2.97. The number of alkyl halides is 3.